The van der Waals surface area contributed by atoms with Crippen molar-refractivity contribution in [1.29, 1.82) is 0 Å². The first kappa shape index (κ1) is 20.0. The summed E-state index contributed by atoms with van der Waals surface area (Å²) in [5.41, 5.74) is 0.794. The molecule has 0 N–H and O–H groups in total. The van der Waals surface area contributed by atoms with Gasteiger partial charge >= 0.3 is 5.97 Å². The summed E-state index contributed by atoms with van der Waals surface area (Å²) in [6.07, 6.45) is 12.7. The molecule has 0 radical (unpaired) electrons. The van der Waals surface area contributed by atoms with E-state index in [1.165, 1.54) is 51.4 Å². The zero-order valence-electron chi connectivity index (χ0n) is 14.4. The second kappa shape index (κ2) is 13.4. The maximum atomic E-state index is 11.8. The maximum Gasteiger partial charge on any atom is 0.328 e. The van der Waals surface area contributed by atoms with Crippen LogP contribution in [0.3, 0.4) is 0 Å². The Hall–Kier alpha value is -1.02. The standard InChI is InChI=1S/C20H31ClO2/c1-2-3-4-5-6-7-8-9-10-14-17-23-20(22)19(21)18-15-12-11-13-16-18/h11-13,15-16,19H,2-10,14,17H2,1H3. The smallest absolute Gasteiger partial charge is 0.328 e. The van der Waals surface area contributed by atoms with E-state index >= 15 is 0 Å². The molecule has 0 bridgehead atoms. The van der Waals surface area contributed by atoms with Crippen LogP contribution in [0.25, 0.3) is 0 Å². The van der Waals surface area contributed by atoms with Crippen molar-refractivity contribution in [3.63, 3.8) is 0 Å². The highest BCUT2D eigenvalue weighted by Gasteiger charge is 2.18. The third-order valence-electron chi connectivity index (χ3n) is 4.04. The highest BCUT2D eigenvalue weighted by molar-refractivity contribution is 6.29. The summed E-state index contributed by atoms with van der Waals surface area (Å²) in [5.74, 6) is -0.339. The van der Waals surface area contributed by atoms with Gasteiger partial charge < -0.3 is 4.74 Å². The van der Waals surface area contributed by atoms with Gasteiger partial charge in [0.2, 0.25) is 0 Å². The molecule has 130 valence electrons. The Morgan fingerprint density at radius 1 is 0.913 bits per heavy atom. The van der Waals surface area contributed by atoms with Gasteiger partial charge in [0.1, 0.15) is 0 Å². The molecule has 1 unspecified atom stereocenters. The van der Waals surface area contributed by atoms with Crippen LogP contribution in [0.15, 0.2) is 30.3 Å². The normalized spacial score (nSPS) is 12.1. The SMILES string of the molecule is CCCCCCCCCCCCOC(=O)C(Cl)c1ccccc1. The lowest BCUT2D eigenvalue weighted by molar-refractivity contribution is -0.143. The number of ether oxygens (including phenoxy) is 1. The molecule has 1 atom stereocenters. The van der Waals surface area contributed by atoms with Crippen LogP contribution in [-0.2, 0) is 9.53 Å². The summed E-state index contributed by atoms with van der Waals surface area (Å²) in [6.45, 7) is 2.73. The minimum absolute atomic E-state index is 0.339. The molecule has 0 aliphatic heterocycles. The Labute approximate surface area is 146 Å². The van der Waals surface area contributed by atoms with Crippen molar-refractivity contribution in [2.75, 3.05) is 6.61 Å². The van der Waals surface area contributed by atoms with Crippen molar-refractivity contribution < 1.29 is 9.53 Å². The van der Waals surface area contributed by atoms with E-state index in [1.54, 1.807) is 0 Å². The predicted octanol–water partition coefficient (Wildman–Crippen LogP) is 6.43. The number of unbranched alkanes of at least 4 members (excludes halogenated alkanes) is 9. The summed E-state index contributed by atoms with van der Waals surface area (Å²) < 4.78 is 5.26. The van der Waals surface area contributed by atoms with E-state index in [1.807, 2.05) is 30.3 Å². The van der Waals surface area contributed by atoms with Gasteiger partial charge in [-0.1, -0.05) is 95.0 Å². The Kier molecular flexibility index (Phi) is 11.7. The highest BCUT2D eigenvalue weighted by Crippen LogP contribution is 2.21. The Balaban J connectivity index is 1.95. The fraction of sp³-hybridized carbons (Fsp3) is 0.650. The van der Waals surface area contributed by atoms with Crippen LogP contribution in [-0.4, -0.2) is 12.6 Å². The van der Waals surface area contributed by atoms with Crippen molar-refractivity contribution in [2.24, 2.45) is 0 Å². The largest absolute Gasteiger partial charge is 0.464 e. The minimum Gasteiger partial charge on any atom is -0.464 e. The molecule has 0 aliphatic carbocycles. The third-order valence-corrected chi connectivity index (χ3v) is 4.47. The van der Waals surface area contributed by atoms with Gasteiger partial charge in [0.05, 0.1) is 6.61 Å². The fourth-order valence-electron chi connectivity index (χ4n) is 2.59. The van der Waals surface area contributed by atoms with Crippen molar-refractivity contribution in [3.8, 4) is 0 Å². The molecule has 0 amide bonds. The summed E-state index contributed by atoms with van der Waals surface area (Å²) in [7, 11) is 0. The monoisotopic (exact) mass is 338 g/mol. The Morgan fingerprint density at radius 2 is 1.43 bits per heavy atom. The molecule has 2 nitrogen and oxygen atoms in total. The average molecular weight is 339 g/mol. The van der Waals surface area contributed by atoms with Crippen LogP contribution in [0.1, 0.15) is 82.1 Å². The summed E-state index contributed by atoms with van der Waals surface area (Å²) >= 11 is 6.12. The summed E-state index contributed by atoms with van der Waals surface area (Å²) in [5, 5.41) is -0.695. The van der Waals surface area contributed by atoms with E-state index in [-0.39, 0.29) is 5.97 Å². The van der Waals surface area contributed by atoms with Gasteiger partial charge in [0, 0.05) is 0 Å². The fourth-order valence-corrected chi connectivity index (χ4v) is 2.80. The number of hydrogen-bond acceptors (Lipinski definition) is 2. The first-order valence-electron chi connectivity index (χ1n) is 9.11. The van der Waals surface area contributed by atoms with E-state index in [0.29, 0.717) is 6.61 Å². The second-order valence-electron chi connectivity index (χ2n) is 6.12. The molecule has 0 saturated carbocycles. The summed E-state index contributed by atoms with van der Waals surface area (Å²) in [4.78, 5) is 11.8. The molecule has 0 aromatic heterocycles. The van der Waals surface area contributed by atoms with E-state index in [2.05, 4.69) is 6.92 Å². The van der Waals surface area contributed by atoms with Crippen LogP contribution in [0.5, 0.6) is 0 Å². The Morgan fingerprint density at radius 3 is 2.00 bits per heavy atom. The van der Waals surface area contributed by atoms with Gasteiger partial charge in [-0.15, -0.1) is 11.6 Å². The van der Waals surface area contributed by atoms with Crippen molar-refractivity contribution in [2.45, 2.75) is 76.5 Å². The second-order valence-corrected chi connectivity index (χ2v) is 6.56. The molecular weight excluding hydrogens is 308 g/mol. The van der Waals surface area contributed by atoms with Crippen LogP contribution in [0, 0.1) is 0 Å². The quantitative estimate of drug-likeness (QED) is 0.235. The van der Waals surface area contributed by atoms with Crippen molar-refractivity contribution >= 4 is 17.6 Å². The maximum absolute atomic E-state index is 11.8. The Bertz CT molecular complexity index is 405. The molecule has 3 heteroatoms. The molecule has 1 aromatic carbocycles. The molecule has 1 rings (SSSR count). The molecule has 1 aromatic rings. The topological polar surface area (TPSA) is 26.3 Å². The molecule has 0 fully saturated rings. The molecule has 0 aliphatic rings. The van der Waals surface area contributed by atoms with Gasteiger partial charge in [0.25, 0.3) is 0 Å². The number of esters is 1. The van der Waals surface area contributed by atoms with Gasteiger partial charge in [-0.05, 0) is 12.0 Å². The van der Waals surface area contributed by atoms with E-state index in [4.69, 9.17) is 16.3 Å². The first-order chi connectivity index (χ1) is 11.3. The number of rotatable bonds is 13. The molecular formula is C20H31ClO2. The zero-order valence-corrected chi connectivity index (χ0v) is 15.2. The van der Waals surface area contributed by atoms with E-state index in [9.17, 15) is 4.79 Å². The minimum atomic E-state index is -0.695. The molecule has 23 heavy (non-hydrogen) atoms. The average Bonchev–Trinajstić information content (AvgIpc) is 2.59. The number of carbonyl (C=O) groups is 1. The van der Waals surface area contributed by atoms with Crippen LogP contribution >= 0.6 is 11.6 Å². The lowest BCUT2D eigenvalue weighted by atomic mass is 10.1. The molecule has 0 spiro atoms. The van der Waals surface area contributed by atoms with E-state index < -0.39 is 5.38 Å². The highest BCUT2D eigenvalue weighted by atomic mass is 35.5. The van der Waals surface area contributed by atoms with Crippen molar-refractivity contribution in [3.05, 3.63) is 35.9 Å². The first-order valence-corrected chi connectivity index (χ1v) is 9.55. The van der Waals surface area contributed by atoms with Crippen LogP contribution in [0.2, 0.25) is 0 Å². The van der Waals surface area contributed by atoms with Crippen LogP contribution < -0.4 is 0 Å². The molecule has 0 saturated heterocycles. The summed E-state index contributed by atoms with van der Waals surface area (Å²) in [6, 6.07) is 9.35. The number of carbonyl (C=O) groups excluding carboxylic acids is 1. The zero-order chi connectivity index (χ0) is 16.8. The number of hydrogen-bond donors (Lipinski definition) is 0. The lowest BCUT2D eigenvalue weighted by Crippen LogP contribution is -2.12. The van der Waals surface area contributed by atoms with Crippen LogP contribution in [0.4, 0.5) is 0 Å². The number of halogens is 1. The van der Waals surface area contributed by atoms with Crippen molar-refractivity contribution in [1.82, 2.24) is 0 Å². The number of benzene rings is 1. The van der Waals surface area contributed by atoms with Gasteiger partial charge in [-0.2, -0.15) is 0 Å². The van der Waals surface area contributed by atoms with Gasteiger partial charge in [-0.3, -0.25) is 4.79 Å². The lowest BCUT2D eigenvalue weighted by Gasteiger charge is -2.10. The van der Waals surface area contributed by atoms with Gasteiger partial charge in [0.15, 0.2) is 5.38 Å². The van der Waals surface area contributed by atoms with Gasteiger partial charge in [-0.25, -0.2) is 0 Å². The molecule has 0 heterocycles. The predicted molar refractivity (Wildman–Crippen MR) is 97.8 cm³/mol. The van der Waals surface area contributed by atoms with E-state index in [0.717, 1.165) is 18.4 Å². The third kappa shape index (κ3) is 9.65. The number of alkyl halides is 1.